The number of nitrogens with zero attached hydrogens (tertiary/aromatic N) is 5. The second-order valence-corrected chi connectivity index (χ2v) is 8.59. The second-order valence-electron chi connectivity index (χ2n) is 8.59. The second kappa shape index (κ2) is 9.81. The summed E-state index contributed by atoms with van der Waals surface area (Å²) in [6.07, 6.45) is 3.14. The van der Waals surface area contributed by atoms with Crippen LogP contribution in [0.4, 0.5) is 0 Å². The lowest BCUT2D eigenvalue weighted by molar-refractivity contribution is -0.140. The highest BCUT2D eigenvalue weighted by atomic mass is 16.5. The van der Waals surface area contributed by atoms with Gasteiger partial charge in [-0.05, 0) is 31.2 Å². The zero-order valence-corrected chi connectivity index (χ0v) is 19.5. The number of likely N-dealkylation sites (tertiary alicyclic amines) is 1. The van der Waals surface area contributed by atoms with Crippen molar-refractivity contribution in [1.82, 2.24) is 24.6 Å². The minimum atomic E-state index is -0.781. The molecular formula is C26H27N5O4. The number of aromatic nitrogens is 3. The van der Waals surface area contributed by atoms with Crippen molar-refractivity contribution in [3.63, 3.8) is 0 Å². The molecule has 1 amide bonds. The average Bonchev–Trinajstić information content (AvgIpc) is 3.41. The molecule has 0 saturated carbocycles. The predicted molar refractivity (Wildman–Crippen MR) is 129 cm³/mol. The highest BCUT2D eigenvalue weighted by molar-refractivity contribution is 6.46. The van der Waals surface area contributed by atoms with Crippen molar-refractivity contribution in [3.05, 3.63) is 83.4 Å². The fraction of sp³-hybridized carbons (Fsp3) is 0.308. The average molecular weight is 474 g/mol. The molecule has 35 heavy (non-hydrogen) atoms. The van der Waals surface area contributed by atoms with Gasteiger partial charge in [-0.15, -0.1) is 0 Å². The molecule has 1 aromatic carbocycles. The van der Waals surface area contributed by atoms with E-state index in [1.807, 2.05) is 43.3 Å². The number of carbonyl (C=O) groups excluding carboxylic acids is 2. The third-order valence-electron chi connectivity index (χ3n) is 6.53. The first-order chi connectivity index (χ1) is 17.1. The third kappa shape index (κ3) is 4.36. The van der Waals surface area contributed by atoms with E-state index in [4.69, 9.17) is 4.74 Å². The van der Waals surface area contributed by atoms with E-state index in [0.717, 1.165) is 18.8 Å². The Morgan fingerprint density at radius 3 is 2.51 bits per heavy atom. The lowest BCUT2D eigenvalue weighted by atomic mass is 9.98. The van der Waals surface area contributed by atoms with Crippen LogP contribution in [0.25, 0.3) is 11.4 Å². The number of aliphatic hydroxyl groups is 1. The maximum Gasteiger partial charge on any atom is 0.295 e. The molecule has 9 nitrogen and oxygen atoms in total. The maximum absolute atomic E-state index is 13.3. The van der Waals surface area contributed by atoms with Crippen molar-refractivity contribution in [2.45, 2.75) is 13.0 Å². The summed E-state index contributed by atoms with van der Waals surface area (Å²) in [5.74, 6) is -1.59. The Morgan fingerprint density at radius 1 is 1.06 bits per heavy atom. The molecule has 3 aromatic rings. The number of hydrogen-bond donors (Lipinski definition) is 1. The van der Waals surface area contributed by atoms with Crippen molar-refractivity contribution >= 4 is 17.4 Å². The van der Waals surface area contributed by atoms with Crippen LogP contribution in [0.5, 0.6) is 0 Å². The molecule has 4 heterocycles. The van der Waals surface area contributed by atoms with E-state index in [-0.39, 0.29) is 11.3 Å². The van der Waals surface area contributed by atoms with E-state index in [0.29, 0.717) is 43.3 Å². The van der Waals surface area contributed by atoms with Crippen molar-refractivity contribution in [1.29, 1.82) is 0 Å². The van der Waals surface area contributed by atoms with Gasteiger partial charge in [0.25, 0.3) is 11.7 Å². The lowest BCUT2D eigenvalue weighted by Gasteiger charge is -2.30. The largest absolute Gasteiger partial charge is 0.507 e. The number of ether oxygens (including phenoxy) is 1. The number of para-hydroxylation sites is 1. The summed E-state index contributed by atoms with van der Waals surface area (Å²) in [6, 6.07) is 14.1. The quantitative estimate of drug-likeness (QED) is 0.333. The molecule has 9 heteroatoms. The number of benzene rings is 1. The van der Waals surface area contributed by atoms with E-state index in [2.05, 4.69) is 15.0 Å². The smallest absolute Gasteiger partial charge is 0.295 e. The molecule has 5 rings (SSSR count). The van der Waals surface area contributed by atoms with Crippen molar-refractivity contribution in [2.75, 3.05) is 39.4 Å². The molecule has 1 atom stereocenters. The van der Waals surface area contributed by atoms with E-state index in [9.17, 15) is 14.7 Å². The van der Waals surface area contributed by atoms with Gasteiger partial charge in [0.2, 0.25) is 0 Å². The number of morpholine rings is 1. The molecule has 2 aliphatic rings. The van der Waals surface area contributed by atoms with Crippen LogP contribution < -0.4 is 0 Å². The SMILES string of the molecule is Cc1c(/C(O)=C2/C(=O)C(=O)N(CCN3CCOCC3)C2c2ccccn2)cnn1-c1ccccc1. The molecular weight excluding hydrogens is 446 g/mol. The fourth-order valence-corrected chi connectivity index (χ4v) is 4.65. The van der Waals surface area contributed by atoms with E-state index < -0.39 is 17.7 Å². The summed E-state index contributed by atoms with van der Waals surface area (Å²) in [7, 11) is 0. The van der Waals surface area contributed by atoms with Crippen LogP contribution in [0, 0.1) is 6.92 Å². The van der Waals surface area contributed by atoms with E-state index >= 15 is 0 Å². The van der Waals surface area contributed by atoms with Crippen molar-refractivity contribution < 1.29 is 19.4 Å². The van der Waals surface area contributed by atoms with Crippen LogP contribution in [-0.4, -0.2) is 80.8 Å². The van der Waals surface area contributed by atoms with Gasteiger partial charge in [0.05, 0.1) is 47.6 Å². The van der Waals surface area contributed by atoms with Crippen LogP contribution >= 0.6 is 0 Å². The van der Waals surface area contributed by atoms with Crippen LogP contribution in [-0.2, 0) is 14.3 Å². The molecule has 0 aliphatic carbocycles. The number of carbonyl (C=O) groups is 2. The molecule has 0 radical (unpaired) electrons. The van der Waals surface area contributed by atoms with Crippen molar-refractivity contribution in [2.24, 2.45) is 0 Å². The molecule has 2 saturated heterocycles. The van der Waals surface area contributed by atoms with Crippen LogP contribution in [0.1, 0.15) is 23.0 Å². The summed E-state index contributed by atoms with van der Waals surface area (Å²) in [5.41, 5.74) is 2.46. The Labute approximate surface area is 203 Å². The Bertz CT molecular complexity index is 1250. The Hall–Kier alpha value is -3.82. The first-order valence-electron chi connectivity index (χ1n) is 11.7. The van der Waals surface area contributed by atoms with Crippen LogP contribution in [0.3, 0.4) is 0 Å². The van der Waals surface area contributed by atoms with Crippen molar-refractivity contribution in [3.8, 4) is 5.69 Å². The van der Waals surface area contributed by atoms with Gasteiger partial charge in [-0.3, -0.25) is 19.5 Å². The summed E-state index contributed by atoms with van der Waals surface area (Å²) >= 11 is 0. The molecule has 0 spiro atoms. The number of amides is 1. The summed E-state index contributed by atoms with van der Waals surface area (Å²) in [4.78, 5) is 34.6. The zero-order chi connectivity index (χ0) is 24.4. The fourth-order valence-electron chi connectivity index (χ4n) is 4.65. The number of aliphatic hydroxyl groups excluding tert-OH is 1. The minimum absolute atomic E-state index is 0.0337. The number of rotatable bonds is 6. The summed E-state index contributed by atoms with van der Waals surface area (Å²) in [5, 5.41) is 15.8. The molecule has 2 aliphatic heterocycles. The Kier molecular flexibility index (Phi) is 6.43. The predicted octanol–water partition coefficient (Wildman–Crippen LogP) is 2.33. The van der Waals surface area contributed by atoms with Gasteiger partial charge in [0, 0.05) is 32.4 Å². The number of pyridine rings is 1. The molecule has 180 valence electrons. The molecule has 1 unspecified atom stereocenters. The van der Waals surface area contributed by atoms with Gasteiger partial charge in [-0.25, -0.2) is 4.68 Å². The minimum Gasteiger partial charge on any atom is -0.507 e. The monoisotopic (exact) mass is 473 g/mol. The highest BCUT2D eigenvalue weighted by Crippen LogP contribution is 2.39. The molecule has 1 N–H and O–H groups in total. The number of hydrogen-bond acceptors (Lipinski definition) is 7. The Balaban J connectivity index is 1.54. The van der Waals surface area contributed by atoms with Gasteiger partial charge in [0.1, 0.15) is 11.8 Å². The number of ketones is 1. The van der Waals surface area contributed by atoms with Gasteiger partial charge in [0.15, 0.2) is 0 Å². The van der Waals surface area contributed by atoms with E-state index in [1.54, 1.807) is 23.0 Å². The third-order valence-corrected chi connectivity index (χ3v) is 6.53. The maximum atomic E-state index is 13.3. The van der Waals surface area contributed by atoms with Crippen LogP contribution in [0.2, 0.25) is 0 Å². The first-order valence-corrected chi connectivity index (χ1v) is 11.7. The lowest BCUT2D eigenvalue weighted by Crippen LogP contribution is -2.42. The molecule has 2 fully saturated rings. The number of Topliss-reactive ketones (excluding diaryl/α,β-unsaturated/α-hetero) is 1. The van der Waals surface area contributed by atoms with Gasteiger partial charge in [-0.1, -0.05) is 24.3 Å². The van der Waals surface area contributed by atoms with Gasteiger partial charge >= 0.3 is 0 Å². The van der Waals surface area contributed by atoms with Gasteiger partial charge < -0.3 is 14.7 Å². The topological polar surface area (TPSA) is 101 Å². The Morgan fingerprint density at radius 2 is 1.80 bits per heavy atom. The van der Waals surface area contributed by atoms with E-state index in [1.165, 1.54) is 11.1 Å². The van der Waals surface area contributed by atoms with Crippen LogP contribution in [0.15, 0.2) is 66.5 Å². The van der Waals surface area contributed by atoms with Gasteiger partial charge in [-0.2, -0.15) is 5.10 Å². The molecule has 2 aromatic heterocycles. The highest BCUT2D eigenvalue weighted by Gasteiger charge is 2.47. The standard InChI is InChI=1S/C26H27N5O4/c1-18-20(17-28-31(18)19-7-3-2-4-8-19)24(32)22-23(21-9-5-6-10-27-21)30(26(34)25(22)33)12-11-29-13-15-35-16-14-29/h2-10,17,23,32H,11-16H2,1H3/b24-22-. The normalized spacial score (nSPS) is 20.5. The molecule has 0 bridgehead atoms. The summed E-state index contributed by atoms with van der Waals surface area (Å²) in [6.45, 7) is 5.60. The zero-order valence-electron chi connectivity index (χ0n) is 19.5. The first kappa shape index (κ1) is 22.9. The summed E-state index contributed by atoms with van der Waals surface area (Å²) < 4.78 is 7.10.